The normalized spacial score (nSPS) is 10.1. The molecule has 0 heterocycles. The van der Waals surface area contributed by atoms with Crippen LogP contribution >= 0.6 is 0 Å². The van der Waals surface area contributed by atoms with Gasteiger partial charge in [-0.05, 0) is 43.7 Å². The van der Waals surface area contributed by atoms with Crippen molar-refractivity contribution in [2.75, 3.05) is 17.2 Å². The van der Waals surface area contributed by atoms with Gasteiger partial charge in [0.25, 0.3) is 11.6 Å². The number of hydrogen-bond donors (Lipinski definition) is 2. The maximum Gasteiger partial charge on any atom is 0.306 e. The number of ketones is 1. The van der Waals surface area contributed by atoms with Crippen LogP contribution in [0.25, 0.3) is 0 Å². The maximum atomic E-state index is 11.9. The SMILES string of the molecule is CC(=O)c1ccc(NC(=O)COC(=O)CCCC(=O)Nc2cccc([N+](=O)[O-])c2)cc1. The van der Waals surface area contributed by atoms with Gasteiger partial charge in [0.1, 0.15) is 0 Å². The number of nitrogens with one attached hydrogen (secondary N) is 2. The third-order valence-electron chi connectivity index (χ3n) is 4.06. The highest BCUT2D eigenvalue weighted by Crippen LogP contribution is 2.17. The topological polar surface area (TPSA) is 145 Å². The molecule has 0 bridgehead atoms. The van der Waals surface area contributed by atoms with Crippen molar-refractivity contribution in [3.8, 4) is 0 Å². The van der Waals surface area contributed by atoms with E-state index in [9.17, 15) is 29.3 Å². The van der Waals surface area contributed by atoms with Gasteiger partial charge in [-0.3, -0.25) is 29.3 Å². The molecular formula is C21H21N3O7. The van der Waals surface area contributed by atoms with Crippen LogP contribution in [0.3, 0.4) is 0 Å². The molecule has 2 amide bonds. The molecule has 2 N–H and O–H groups in total. The Morgan fingerprint density at radius 3 is 2.26 bits per heavy atom. The summed E-state index contributed by atoms with van der Waals surface area (Å²) in [6.07, 6.45) is 0.128. The predicted molar refractivity (Wildman–Crippen MR) is 112 cm³/mol. The number of carbonyl (C=O) groups is 4. The van der Waals surface area contributed by atoms with Gasteiger partial charge < -0.3 is 15.4 Å². The van der Waals surface area contributed by atoms with Crippen molar-refractivity contribution >= 4 is 40.6 Å². The van der Waals surface area contributed by atoms with E-state index in [1.807, 2.05) is 0 Å². The van der Waals surface area contributed by atoms with E-state index in [0.717, 1.165) is 0 Å². The molecular weight excluding hydrogens is 406 g/mol. The molecule has 2 rings (SSSR count). The lowest BCUT2D eigenvalue weighted by Gasteiger charge is -2.07. The first-order valence-electron chi connectivity index (χ1n) is 9.35. The number of benzene rings is 2. The quantitative estimate of drug-likeness (QED) is 0.256. The lowest BCUT2D eigenvalue weighted by atomic mass is 10.1. The minimum Gasteiger partial charge on any atom is -0.456 e. The van der Waals surface area contributed by atoms with Crippen molar-refractivity contribution in [1.29, 1.82) is 0 Å². The van der Waals surface area contributed by atoms with Gasteiger partial charge in [0.05, 0.1) is 4.92 Å². The first kappa shape index (κ1) is 23.2. The zero-order valence-corrected chi connectivity index (χ0v) is 16.8. The average molecular weight is 427 g/mol. The van der Waals surface area contributed by atoms with Gasteiger partial charge in [-0.2, -0.15) is 0 Å². The van der Waals surface area contributed by atoms with Gasteiger partial charge >= 0.3 is 5.97 Å². The number of nitro groups is 1. The number of non-ortho nitro benzene ring substituents is 1. The number of hydrogen-bond acceptors (Lipinski definition) is 7. The number of carbonyl (C=O) groups excluding carboxylic acids is 4. The zero-order chi connectivity index (χ0) is 22.8. The fourth-order valence-electron chi connectivity index (χ4n) is 2.52. The number of amides is 2. The molecule has 2 aromatic carbocycles. The molecule has 162 valence electrons. The van der Waals surface area contributed by atoms with Crippen molar-refractivity contribution in [2.24, 2.45) is 0 Å². The first-order chi connectivity index (χ1) is 14.7. The Labute approximate surface area is 177 Å². The zero-order valence-electron chi connectivity index (χ0n) is 16.8. The van der Waals surface area contributed by atoms with Gasteiger partial charge in [0, 0.05) is 41.9 Å². The Kier molecular flexibility index (Phi) is 8.38. The highest BCUT2D eigenvalue weighted by atomic mass is 16.6. The van der Waals surface area contributed by atoms with Gasteiger partial charge in [0.15, 0.2) is 12.4 Å². The van der Waals surface area contributed by atoms with Crippen LogP contribution < -0.4 is 10.6 Å². The second-order valence-corrected chi connectivity index (χ2v) is 6.55. The monoisotopic (exact) mass is 427 g/mol. The number of anilines is 2. The molecule has 0 atom stereocenters. The molecule has 10 heteroatoms. The van der Waals surface area contributed by atoms with Crippen molar-refractivity contribution in [3.63, 3.8) is 0 Å². The summed E-state index contributed by atoms with van der Waals surface area (Å²) in [5.74, 6) is -1.66. The minimum atomic E-state index is -0.634. The lowest BCUT2D eigenvalue weighted by Crippen LogP contribution is -2.21. The smallest absolute Gasteiger partial charge is 0.306 e. The Balaban J connectivity index is 1.66. The van der Waals surface area contributed by atoms with E-state index in [1.54, 1.807) is 24.3 Å². The van der Waals surface area contributed by atoms with E-state index >= 15 is 0 Å². The van der Waals surface area contributed by atoms with E-state index in [0.29, 0.717) is 11.3 Å². The molecule has 2 aromatic rings. The van der Waals surface area contributed by atoms with Crippen molar-refractivity contribution in [3.05, 3.63) is 64.2 Å². The molecule has 0 aliphatic heterocycles. The molecule has 0 radical (unpaired) electrons. The second kappa shape index (κ2) is 11.2. The van der Waals surface area contributed by atoms with Crippen molar-refractivity contribution in [2.45, 2.75) is 26.2 Å². The molecule has 0 aliphatic carbocycles. The Morgan fingerprint density at radius 2 is 1.61 bits per heavy atom. The third kappa shape index (κ3) is 8.05. The first-order valence-corrected chi connectivity index (χ1v) is 9.35. The number of ether oxygens (including phenoxy) is 1. The average Bonchev–Trinajstić information content (AvgIpc) is 2.73. The standard InChI is InChI=1S/C21H21N3O7/c1-14(25)15-8-10-16(11-9-15)22-20(27)13-31-21(28)7-3-6-19(26)23-17-4-2-5-18(12-17)24(29)30/h2,4-5,8-12H,3,6-7,13H2,1H3,(H,22,27)(H,23,26). The predicted octanol–water partition coefficient (Wildman–Crippen LogP) is 3.09. The van der Waals surface area contributed by atoms with Crippen LogP contribution in [0.15, 0.2) is 48.5 Å². The van der Waals surface area contributed by atoms with Crippen LogP contribution in [0.5, 0.6) is 0 Å². The van der Waals surface area contributed by atoms with Crippen molar-refractivity contribution < 1.29 is 28.8 Å². The molecule has 0 spiro atoms. The van der Waals surface area contributed by atoms with Crippen LogP contribution in [-0.2, 0) is 19.1 Å². The number of nitrogens with zero attached hydrogens (tertiary/aromatic N) is 1. The largest absolute Gasteiger partial charge is 0.456 e. The molecule has 10 nitrogen and oxygen atoms in total. The van der Waals surface area contributed by atoms with Crippen LogP contribution in [0, 0.1) is 10.1 Å². The van der Waals surface area contributed by atoms with Crippen LogP contribution in [0.1, 0.15) is 36.5 Å². The van der Waals surface area contributed by atoms with E-state index < -0.39 is 29.3 Å². The van der Waals surface area contributed by atoms with Gasteiger partial charge in [-0.25, -0.2) is 0 Å². The summed E-state index contributed by atoms with van der Waals surface area (Å²) in [4.78, 5) is 56.8. The third-order valence-corrected chi connectivity index (χ3v) is 4.06. The summed E-state index contributed by atoms with van der Waals surface area (Å²) in [7, 11) is 0. The molecule has 0 saturated carbocycles. The summed E-state index contributed by atoms with van der Waals surface area (Å²) in [5, 5.41) is 15.8. The van der Waals surface area contributed by atoms with Gasteiger partial charge in [-0.15, -0.1) is 0 Å². The van der Waals surface area contributed by atoms with Crippen LogP contribution in [-0.4, -0.2) is 35.1 Å². The Hall–Kier alpha value is -4.08. The van der Waals surface area contributed by atoms with E-state index in [2.05, 4.69) is 10.6 Å². The van der Waals surface area contributed by atoms with E-state index in [1.165, 1.54) is 31.2 Å². The molecule has 0 aliphatic rings. The lowest BCUT2D eigenvalue weighted by molar-refractivity contribution is -0.384. The summed E-state index contributed by atoms with van der Waals surface area (Å²) >= 11 is 0. The molecule has 0 aromatic heterocycles. The summed E-state index contributed by atoms with van der Waals surface area (Å²) < 4.78 is 4.87. The maximum absolute atomic E-state index is 11.9. The molecule has 0 unspecified atom stereocenters. The fraction of sp³-hybridized carbons (Fsp3) is 0.238. The molecule has 31 heavy (non-hydrogen) atoms. The van der Waals surface area contributed by atoms with Gasteiger partial charge in [0.2, 0.25) is 5.91 Å². The van der Waals surface area contributed by atoms with Gasteiger partial charge in [-0.1, -0.05) is 6.07 Å². The number of rotatable bonds is 10. The second-order valence-electron chi connectivity index (χ2n) is 6.55. The van der Waals surface area contributed by atoms with Crippen molar-refractivity contribution in [1.82, 2.24) is 0 Å². The highest BCUT2D eigenvalue weighted by Gasteiger charge is 2.11. The summed E-state index contributed by atoms with van der Waals surface area (Å²) in [6, 6.07) is 11.8. The Morgan fingerprint density at radius 1 is 0.935 bits per heavy atom. The number of Topliss-reactive ketones (excluding diaryl/α,β-unsaturated/α-hetero) is 1. The fourth-order valence-corrected chi connectivity index (χ4v) is 2.52. The minimum absolute atomic E-state index is 0.00643. The Bertz CT molecular complexity index is 987. The highest BCUT2D eigenvalue weighted by molar-refractivity contribution is 5.96. The van der Waals surface area contributed by atoms with E-state index in [4.69, 9.17) is 4.74 Å². The summed E-state index contributed by atoms with van der Waals surface area (Å²) in [6.45, 7) is 0.956. The molecule has 0 saturated heterocycles. The number of esters is 1. The molecule has 0 fully saturated rings. The van der Waals surface area contributed by atoms with E-state index in [-0.39, 0.29) is 36.4 Å². The van der Waals surface area contributed by atoms with Crippen LogP contribution in [0.2, 0.25) is 0 Å². The van der Waals surface area contributed by atoms with Crippen LogP contribution in [0.4, 0.5) is 17.1 Å². The summed E-state index contributed by atoms with van der Waals surface area (Å²) in [5.41, 5.74) is 1.12. The number of nitro benzene ring substituents is 1.